The van der Waals surface area contributed by atoms with Crippen molar-refractivity contribution in [3.8, 4) is 0 Å². The van der Waals surface area contributed by atoms with E-state index in [9.17, 15) is 0 Å². The fourth-order valence-corrected chi connectivity index (χ4v) is 1.48. The molecule has 0 saturated heterocycles. The average molecular weight is 798 g/mol. The average Bonchev–Trinajstić information content (AvgIpc) is 3.67. The maximum Gasteiger partial charge on any atom is 0.102 e. The summed E-state index contributed by atoms with van der Waals surface area (Å²) in [5.41, 5.74) is 1.67. The van der Waals surface area contributed by atoms with Gasteiger partial charge in [0, 0.05) is 142 Å². The van der Waals surface area contributed by atoms with Crippen LogP contribution >= 0.6 is 0 Å². The Hall–Kier alpha value is -1.23. The molecule has 6 rings (SSSR count). The number of hydrogen-bond acceptors (Lipinski definition) is 12. The van der Waals surface area contributed by atoms with Gasteiger partial charge in [-0.05, 0) is 44.0 Å². The molecule has 0 bridgehead atoms. The summed E-state index contributed by atoms with van der Waals surface area (Å²) in [7, 11) is 0. The van der Waals surface area contributed by atoms with Gasteiger partial charge in [0.25, 0.3) is 0 Å². The number of aromatic nitrogens is 6. The van der Waals surface area contributed by atoms with E-state index in [4.69, 9.17) is 0 Å². The molecule has 0 atom stereocenters. The predicted octanol–water partition coefficient (Wildman–Crippen LogP) is 4.68. The van der Waals surface area contributed by atoms with Crippen LogP contribution < -0.4 is 0 Å². The van der Waals surface area contributed by atoms with Crippen LogP contribution in [0.1, 0.15) is 34.7 Å². The molecule has 222 valence electrons. The molecule has 0 aliphatic rings. The van der Waals surface area contributed by atoms with E-state index in [0.29, 0.717) is 11.8 Å². The van der Waals surface area contributed by atoms with Gasteiger partial charge in [0.05, 0.1) is 0 Å². The topological polar surface area (TPSA) is 156 Å². The quantitative estimate of drug-likeness (QED) is 0.196. The molecule has 0 N–H and O–H groups in total. The number of oxazole rings is 6. The van der Waals surface area contributed by atoms with E-state index >= 15 is 0 Å². The molecule has 6 aromatic rings. The van der Waals surface area contributed by atoms with Crippen molar-refractivity contribution in [3.63, 3.8) is 0 Å². The maximum absolute atomic E-state index is 4.67. The van der Waals surface area contributed by atoms with Crippen molar-refractivity contribution in [2.45, 2.75) is 41.5 Å². The number of aryl methyl sites for hydroxylation is 6. The summed E-state index contributed by atoms with van der Waals surface area (Å²) < 4.78 is 27.5. The normalized spacial score (nSPS) is 7.57. The molecule has 0 fully saturated rings. The molecule has 0 spiro atoms. The molecule has 0 amide bonds. The standard InChI is InChI=1S/6C4H4NO.6V/c2*1-4-2-6-3-5-4;2*1-4-2-5-3-6-4;2*1-4-5-2-3-6-4;;;;;;/h3H,1H3;2H,1H3;3H,1H3;2H,1H3;3H,1H3;2H,1H3;;;;;;/q6*-1;;;;;;. The first-order valence-electron chi connectivity index (χ1n) is 10.1. The van der Waals surface area contributed by atoms with Crippen LogP contribution in [0, 0.1) is 79.2 Å². The molecule has 0 unspecified atom stereocenters. The summed E-state index contributed by atoms with van der Waals surface area (Å²) in [6.45, 7) is 10.8. The van der Waals surface area contributed by atoms with Gasteiger partial charge in [-0.15, -0.1) is 12.4 Å². The Morgan fingerprint density at radius 3 is 1.55 bits per heavy atom. The monoisotopic (exact) mass is 798 g/mol. The molecule has 12 nitrogen and oxygen atoms in total. The van der Waals surface area contributed by atoms with Gasteiger partial charge in [-0.25, -0.2) is 0 Å². The Morgan fingerprint density at radius 1 is 0.690 bits per heavy atom. The smallest absolute Gasteiger partial charge is 0.102 e. The molecule has 0 aliphatic heterocycles. The summed E-state index contributed by atoms with van der Waals surface area (Å²) in [5.74, 6) is 2.86. The van der Waals surface area contributed by atoms with Crippen molar-refractivity contribution in [3.05, 3.63) is 110 Å². The third-order valence-corrected chi connectivity index (χ3v) is 3.03. The Kier molecular flexibility index (Phi) is 45.7. The molecule has 6 heterocycles. The number of hydrogen-bond donors (Lipinski definition) is 0. The SMILES string of the molecule is Cc1[c-]nco1.Cc1[c-]ocn1.Cc1cn[c-]o1.Cc1co[c-]n1.Cc1n[c-]co1.Cc1nc[c-]o1.[V].[V].[V].[V].[V].[V]. The summed E-state index contributed by atoms with van der Waals surface area (Å²) in [6.07, 6.45) is 23.4. The minimum Gasteiger partial charge on any atom is -0.632 e. The van der Waals surface area contributed by atoms with Gasteiger partial charge in [-0.2, -0.15) is 0 Å². The molecule has 0 aliphatic carbocycles. The van der Waals surface area contributed by atoms with Crippen molar-refractivity contribution in [2.75, 3.05) is 0 Å². The first kappa shape index (κ1) is 53.3. The summed E-state index contributed by atoms with van der Waals surface area (Å²) in [5, 5.41) is 0. The summed E-state index contributed by atoms with van der Waals surface area (Å²) >= 11 is 0. The Bertz CT molecular complexity index is 942. The van der Waals surface area contributed by atoms with Crippen molar-refractivity contribution in [1.82, 2.24) is 29.9 Å². The van der Waals surface area contributed by atoms with Crippen molar-refractivity contribution in [1.29, 1.82) is 0 Å². The second-order valence-electron chi connectivity index (χ2n) is 6.20. The Labute approximate surface area is 316 Å². The van der Waals surface area contributed by atoms with Crippen LogP contribution in [-0.4, -0.2) is 29.9 Å². The molecular formula is C24H24N6O6V6-6. The van der Waals surface area contributed by atoms with Gasteiger partial charge in [0.15, 0.2) is 0 Å². The Morgan fingerprint density at radius 2 is 1.40 bits per heavy atom. The van der Waals surface area contributed by atoms with E-state index in [1.807, 2.05) is 20.8 Å². The van der Waals surface area contributed by atoms with Gasteiger partial charge in [-0.3, -0.25) is 0 Å². The third-order valence-electron chi connectivity index (χ3n) is 3.03. The van der Waals surface area contributed by atoms with Crippen LogP contribution in [-0.2, 0) is 111 Å². The van der Waals surface area contributed by atoms with E-state index in [-0.39, 0.29) is 111 Å². The van der Waals surface area contributed by atoms with E-state index in [2.05, 4.69) is 94.1 Å². The van der Waals surface area contributed by atoms with Crippen LogP contribution in [0.2, 0.25) is 0 Å². The van der Waals surface area contributed by atoms with Crippen LogP contribution in [0.4, 0.5) is 0 Å². The zero-order chi connectivity index (χ0) is 26.4. The minimum absolute atomic E-state index is 0. The second kappa shape index (κ2) is 36.0. The number of nitrogens with zero attached hydrogens (tertiary/aromatic N) is 6. The van der Waals surface area contributed by atoms with Gasteiger partial charge in [0.2, 0.25) is 0 Å². The second-order valence-corrected chi connectivity index (χ2v) is 6.20. The van der Waals surface area contributed by atoms with Crippen molar-refractivity contribution < 1.29 is 138 Å². The molecule has 42 heavy (non-hydrogen) atoms. The first-order valence-corrected chi connectivity index (χ1v) is 10.1. The first-order chi connectivity index (χ1) is 17.4. The third kappa shape index (κ3) is 33.3. The van der Waals surface area contributed by atoms with Gasteiger partial charge in [0.1, 0.15) is 12.8 Å². The van der Waals surface area contributed by atoms with E-state index in [1.165, 1.54) is 25.2 Å². The molecular weight excluding hydrogens is 774 g/mol. The largest absolute Gasteiger partial charge is 0.632 e. The van der Waals surface area contributed by atoms with Crippen LogP contribution in [0.5, 0.6) is 0 Å². The predicted molar refractivity (Wildman–Crippen MR) is 120 cm³/mol. The Balaban J connectivity index is -0.0000000900. The summed E-state index contributed by atoms with van der Waals surface area (Å²) in [4.78, 5) is 21.7. The van der Waals surface area contributed by atoms with Gasteiger partial charge >= 0.3 is 0 Å². The van der Waals surface area contributed by atoms with Crippen molar-refractivity contribution in [2.24, 2.45) is 0 Å². The zero-order valence-corrected chi connectivity index (χ0v) is 31.7. The molecule has 0 aromatic carbocycles. The van der Waals surface area contributed by atoms with E-state index in [0.717, 1.165) is 22.9 Å². The molecule has 6 aromatic heterocycles. The molecule has 0 saturated carbocycles. The fourth-order valence-electron chi connectivity index (χ4n) is 1.48. The number of rotatable bonds is 0. The fraction of sp³-hybridized carbons (Fsp3) is 0.250. The van der Waals surface area contributed by atoms with Gasteiger partial charge < -0.3 is 56.4 Å². The van der Waals surface area contributed by atoms with E-state index in [1.54, 1.807) is 33.2 Å². The van der Waals surface area contributed by atoms with Gasteiger partial charge in [-0.1, -0.05) is 52.1 Å². The summed E-state index contributed by atoms with van der Waals surface area (Å²) in [6, 6.07) is 0. The minimum atomic E-state index is 0. The molecule has 18 heteroatoms. The molecule has 6 radical (unpaired) electrons. The van der Waals surface area contributed by atoms with E-state index < -0.39 is 0 Å². The maximum atomic E-state index is 4.67. The van der Waals surface area contributed by atoms with Crippen LogP contribution in [0.25, 0.3) is 0 Å². The van der Waals surface area contributed by atoms with Crippen LogP contribution in [0.3, 0.4) is 0 Å². The van der Waals surface area contributed by atoms with Crippen molar-refractivity contribution >= 4 is 0 Å². The van der Waals surface area contributed by atoms with Crippen LogP contribution in [0.15, 0.2) is 64.2 Å². The zero-order valence-electron chi connectivity index (χ0n) is 23.3.